The van der Waals surface area contributed by atoms with E-state index >= 15 is 0 Å². The predicted octanol–water partition coefficient (Wildman–Crippen LogP) is -3.67. The number of hydrogen-bond donors (Lipinski definition) is 2. The Balaban J connectivity index is -0.000000126. The van der Waals surface area contributed by atoms with Crippen LogP contribution >= 0.6 is 0 Å². The quantitative estimate of drug-likeness (QED) is 0.436. The SMILES string of the molecule is C=CC(N)=O.CC=C[NH+](C)C.[Cl-]. The van der Waals surface area contributed by atoms with Crippen LogP contribution in [0.25, 0.3) is 0 Å². The average molecular weight is 193 g/mol. The lowest BCUT2D eigenvalue weighted by atomic mass is 10.6. The van der Waals surface area contributed by atoms with Crippen molar-refractivity contribution in [3.8, 4) is 0 Å². The number of allylic oxidation sites excluding steroid dienone is 1. The van der Waals surface area contributed by atoms with Gasteiger partial charge in [-0.2, -0.15) is 0 Å². The fraction of sp³-hybridized carbons (Fsp3) is 0.375. The van der Waals surface area contributed by atoms with Crippen LogP contribution in [0.3, 0.4) is 0 Å². The first-order valence-corrected chi connectivity index (χ1v) is 3.39. The van der Waals surface area contributed by atoms with Crippen molar-refractivity contribution in [1.29, 1.82) is 0 Å². The van der Waals surface area contributed by atoms with Gasteiger partial charge in [0.15, 0.2) is 0 Å². The third-order valence-electron chi connectivity index (χ3n) is 0.701. The zero-order valence-electron chi connectivity index (χ0n) is 7.80. The van der Waals surface area contributed by atoms with Crippen molar-refractivity contribution in [1.82, 2.24) is 0 Å². The molecule has 0 aliphatic heterocycles. The molecule has 1 amide bonds. The number of primary amides is 1. The van der Waals surface area contributed by atoms with Crippen molar-refractivity contribution in [2.24, 2.45) is 5.73 Å². The van der Waals surface area contributed by atoms with Gasteiger partial charge in [0, 0.05) is 0 Å². The van der Waals surface area contributed by atoms with Crippen molar-refractivity contribution >= 4 is 5.91 Å². The highest BCUT2D eigenvalue weighted by atomic mass is 35.5. The zero-order valence-corrected chi connectivity index (χ0v) is 8.56. The van der Waals surface area contributed by atoms with Gasteiger partial charge in [0.1, 0.15) is 0 Å². The van der Waals surface area contributed by atoms with E-state index < -0.39 is 5.91 Å². The van der Waals surface area contributed by atoms with E-state index in [0.717, 1.165) is 6.08 Å². The first-order chi connectivity index (χ1) is 5.04. The molecule has 0 unspecified atom stereocenters. The van der Waals surface area contributed by atoms with Crippen LogP contribution in [0.4, 0.5) is 0 Å². The number of amides is 1. The summed E-state index contributed by atoms with van der Waals surface area (Å²) in [5.74, 6) is -0.481. The molecule has 0 aromatic heterocycles. The Kier molecular flexibility index (Phi) is 18.5. The summed E-state index contributed by atoms with van der Waals surface area (Å²) < 4.78 is 0. The normalized spacial score (nSPS) is 8.33. The second-order valence-electron chi connectivity index (χ2n) is 2.18. The van der Waals surface area contributed by atoms with Gasteiger partial charge in [-0.05, 0) is 19.1 Å². The largest absolute Gasteiger partial charge is 1.00 e. The van der Waals surface area contributed by atoms with Crippen molar-refractivity contribution in [3.63, 3.8) is 0 Å². The number of nitrogens with two attached hydrogens (primary N) is 1. The average Bonchev–Trinajstić information content (AvgIpc) is 1.89. The lowest BCUT2D eigenvalue weighted by Crippen LogP contribution is -3.00. The van der Waals surface area contributed by atoms with Gasteiger partial charge in [-0.1, -0.05) is 6.58 Å². The van der Waals surface area contributed by atoms with Gasteiger partial charge in [0.25, 0.3) is 0 Å². The number of nitrogens with one attached hydrogen (secondary N) is 1. The molecule has 0 fully saturated rings. The summed E-state index contributed by atoms with van der Waals surface area (Å²) in [4.78, 5) is 10.8. The minimum atomic E-state index is -0.481. The minimum absolute atomic E-state index is 0. The van der Waals surface area contributed by atoms with Crippen LogP contribution < -0.4 is 23.0 Å². The smallest absolute Gasteiger partial charge is 0.240 e. The number of carbonyl (C=O) groups excluding carboxylic acids is 1. The molecule has 3 N–H and O–H groups in total. The van der Waals surface area contributed by atoms with Gasteiger partial charge < -0.3 is 23.0 Å². The molecule has 72 valence electrons. The number of rotatable bonds is 2. The third-order valence-corrected chi connectivity index (χ3v) is 0.701. The Morgan fingerprint density at radius 3 is 1.83 bits per heavy atom. The summed E-state index contributed by atoms with van der Waals surface area (Å²) in [6.07, 6.45) is 5.18. The fourth-order valence-electron chi connectivity index (χ4n) is 0.333. The van der Waals surface area contributed by atoms with Crippen molar-refractivity contribution in [2.75, 3.05) is 14.1 Å². The van der Waals surface area contributed by atoms with Crippen LogP contribution in [0.2, 0.25) is 0 Å². The van der Waals surface area contributed by atoms with Crippen LogP contribution in [0.1, 0.15) is 6.92 Å². The van der Waals surface area contributed by atoms with Crippen molar-refractivity contribution < 1.29 is 22.1 Å². The molecule has 4 heteroatoms. The zero-order chi connectivity index (χ0) is 9.28. The fourth-order valence-corrected chi connectivity index (χ4v) is 0.333. The van der Waals surface area contributed by atoms with Gasteiger partial charge >= 0.3 is 0 Å². The van der Waals surface area contributed by atoms with E-state index in [4.69, 9.17) is 0 Å². The molecule has 0 rings (SSSR count). The van der Waals surface area contributed by atoms with Gasteiger partial charge in [-0.25, -0.2) is 0 Å². The third kappa shape index (κ3) is 35.1. The number of halogens is 1. The summed E-state index contributed by atoms with van der Waals surface area (Å²) in [6.45, 7) is 5.11. The molecule has 0 atom stereocenters. The molecule has 0 saturated heterocycles. The number of hydrogen-bond acceptors (Lipinski definition) is 1. The summed E-state index contributed by atoms with van der Waals surface area (Å²) in [6, 6.07) is 0. The predicted molar refractivity (Wildman–Crippen MR) is 47.0 cm³/mol. The first kappa shape index (κ1) is 17.3. The molecular weight excluding hydrogens is 176 g/mol. The van der Waals surface area contributed by atoms with Crippen molar-refractivity contribution in [3.05, 3.63) is 24.9 Å². The summed E-state index contributed by atoms with van der Waals surface area (Å²) in [5.41, 5.74) is 4.53. The molecule has 0 spiro atoms. The highest BCUT2D eigenvalue weighted by Crippen LogP contribution is 1.49. The Labute approximate surface area is 80.3 Å². The molecule has 12 heavy (non-hydrogen) atoms. The summed E-state index contributed by atoms with van der Waals surface area (Å²) >= 11 is 0. The highest BCUT2D eigenvalue weighted by molar-refractivity contribution is 5.84. The van der Waals surface area contributed by atoms with Gasteiger partial charge in [-0.3, -0.25) is 4.79 Å². The lowest BCUT2D eigenvalue weighted by molar-refractivity contribution is -0.801. The van der Waals surface area contributed by atoms with E-state index in [1.54, 1.807) is 0 Å². The molecule has 0 saturated carbocycles. The van der Waals surface area contributed by atoms with E-state index in [0.29, 0.717) is 0 Å². The van der Waals surface area contributed by atoms with Gasteiger partial charge in [0.05, 0.1) is 20.3 Å². The van der Waals surface area contributed by atoms with Crippen LogP contribution in [0.5, 0.6) is 0 Å². The maximum atomic E-state index is 9.47. The highest BCUT2D eigenvalue weighted by Gasteiger charge is 1.73. The minimum Gasteiger partial charge on any atom is -1.00 e. The molecule has 0 aliphatic carbocycles. The van der Waals surface area contributed by atoms with Crippen LogP contribution in [-0.2, 0) is 4.79 Å². The molecule has 0 bridgehead atoms. The monoisotopic (exact) mass is 192 g/mol. The van der Waals surface area contributed by atoms with E-state index in [2.05, 4.69) is 32.6 Å². The maximum absolute atomic E-state index is 9.47. The Morgan fingerprint density at radius 2 is 1.83 bits per heavy atom. The van der Waals surface area contributed by atoms with E-state index in [-0.39, 0.29) is 12.4 Å². The molecule has 0 aromatic rings. The number of quaternary nitrogens is 1. The maximum Gasteiger partial charge on any atom is 0.240 e. The second kappa shape index (κ2) is 12.8. The second-order valence-corrected chi connectivity index (χ2v) is 2.18. The van der Waals surface area contributed by atoms with Crippen LogP contribution in [-0.4, -0.2) is 20.0 Å². The Bertz CT molecular complexity index is 144. The topological polar surface area (TPSA) is 47.5 Å². The molecule has 3 nitrogen and oxygen atoms in total. The lowest BCUT2D eigenvalue weighted by Gasteiger charge is -1.92. The molecule has 0 radical (unpaired) electrons. The van der Waals surface area contributed by atoms with E-state index in [1.165, 1.54) is 4.90 Å². The molecule has 0 heterocycles. The standard InChI is InChI=1S/C5H11N.C3H5NO.ClH/c1-4-5-6(2)3;1-2-3(4)5;/h4-5H,1-3H3;2H,1H2,(H2,4,5);1H. The Hall–Kier alpha value is -0.800. The first-order valence-electron chi connectivity index (χ1n) is 3.39. The number of carbonyl (C=O) groups is 1. The molecular formula is C8H17ClN2O. The van der Waals surface area contributed by atoms with Crippen molar-refractivity contribution in [2.45, 2.75) is 6.92 Å². The summed E-state index contributed by atoms with van der Waals surface area (Å²) in [7, 11) is 4.17. The van der Waals surface area contributed by atoms with Crippen LogP contribution in [0.15, 0.2) is 24.9 Å². The van der Waals surface area contributed by atoms with E-state index in [1.807, 2.05) is 13.0 Å². The molecule has 0 aliphatic rings. The Morgan fingerprint density at radius 1 is 1.50 bits per heavy atom. The summed E-state index contributed by atoms with van der Waals surface area (Å²) in [5, 5.41) is 0. The van der Waals surface area contributed by atoms with Gasteiger partial charge in [-0.15, -0.1) is 0 Å². The van der Waals surface area contributed by atoms with Gasteiger partial charge in [0.2, 0.25) is 5.91 Å². The molecule has 0 aromatic carbocycles. The van der Waals surface area contributed by atoms with E-state index in [9.17, 15) is 4.79 Å². The van der Waals surface area contributed by atoms with Crippen LogP contribution in [0, 0.1) is 0 Å².